The number of pyridine rings is 2. The van der Waals surface area contributed by atoms with Gasteiger partial charge in [-0.15, -0.1) is 0 Å². The zero-order valence-electron chi connectivity index (χ0n) is 6.97. The fraction of sp³-hybridized carbons (Fsp3) is 0.111. The summed E-state index contributed by atoms with van der Waals surface area (Å²) in [5.41, 5.74) is 2.39. The van der Waals surface area contributed by atoms with E-state index >= 15 is 0 Å². The van der Waals surface area contributed by atoms with Gasteiger partial charge in [0.2, 0.25) is 5.43 Å². The predicted octanol–water partition coefficient (Wildman–Crippen LogP) is 1.84. The van der Waals surface area contributed by atoms with Crippen LogP contribution in [0.5, 0.6) is 0 Å². The first-order chi connectivity index (χ1) is 6.20. The monoisotopic (exact) mass is 286 g/mol. The standard InChI is InChI=1S/C9H7IN2O/c1-5-2-3-11-8-7(5)12-4-6(10)9(8)13/h2-4H,1H3,(H,12,13). The molecule has 66 valence electrons. The lowest BCUT2D eigenvalue weighted by Gasteiger charge is -1.99. The van der Waals surface area contributed by atoms with E-state index in [0.29, 0.717) is 9.09 Å². The Morgan fingerprint density at radius 1 is 1.54 bits per heavy atom. The van der Waals surface area contributed by atoms with Crippen molar-refractivity contribution in [3.63, 3.8) is 0 Å². The molecule has 1 N–H and O–H groups in total. The fourth-order valence-electron chi connectivity index (χ4n) is 1.23. The van der Waals surface area contributed by atoms with Gasteiger partial charge in [-0.25, -0.2) is 0 Å². The van der Waals surface area contributed by atoms with Crippen LogP contribution in [0.2, 0.25) is 0 Å². The van der Waals surface area contributed by atoms with Gasteiger partial charge in [0.05, 0.1) is 9.09 Å². The first-order valence-corrected chi connectivity index (χ1v) is 4.90. The number of hydrogen-bond acceptors (Lipinski definition) is 2. The molecule has 2 aromatic heterocycles. The Kier molecular flexibility index (Phi) is 2.07. The predicted molar refractivity (Wildman–Crippen MR) is 59.8 cm³/mol. The molecule has 0 aliphatic rings. The molecular weight excluding hydrogens is 279 g/mol. The molecule has 2 rings (SSSR count). The van der Waals surface area contributed by atoms with Crippen LogP contribution < -0.4 is 5.43 Å². The fourth-order valence-corrected chi connectivity index (χ4v) is 1.64. The summed E-state index contributed by atoms with van der Waals surface area (Å²) in [6.45, 7) is 1.95. The number of aromatic amines is 1. The quantitative estimate of drug-likeness (QED) is 0.751. The maximum Gasteiger partial charge on any atom is 0.221 e. The Bertz CT molecular complexity index is 518. The van der Waals surface area contributed by atoms with Gasteiger partial charge in [-0.3, -0.25) is 9.78 Å². The Morgan fingerprint density at radius 3 is 3.08 bits per heavy atom. The van der Waals surface area contributed by atoms with Gasteiger partial charge in [0.25, 0.3) is 0 Å². The number of rotatable bonds is 0. The summed E-state index contributed by atoms with van der Waals surface area (Å²) < 4.78 is 0.670. The van der Waals surface area contributed by atoms with Crippen molar-refractivity contribution in [1.82, 2.24) is 9.97 Å². The molecule has 0 aliphatic carbocycles. The number of hydrogen-bond donors (Lipinski definition) is 1. The van der Waals surface area contributed by atoms with E-state index in [2.05, 4.69) is 9.97 Å². The van der Waals surface area contributed by atoms with E-state index in [1.807, 2.05) is 35.6 Å². The lowest BCUT2D eigenvalue weighted by molar-refractivity contribution is 1.26. The average molecular weight is 286 g/mol. The topological polar surface area (TPSA) is 45.8 Å². The first-order valence-electron chi connectivity index (χ1n) is 3.82. The third kappa shape index (κ3) is 1.35. The molecule has 0 amide bonds. The zero-order valence-corrected chi connectivity index (χ0v) is 9.12. The number of nitrogens with one attached hydrogen (secondary N) is 1. The minimum atomic E-state index is -0.00181. The van der Waals surface area contributed by atoms with Crippen LogP contribution in [-0.2, 0) is 0 Å². The summed E-state index contributed by atoms with van der Waals surface area (Å²) in [5.74, 6) is 0. The van der Waals surface area contributed by atoms with E-state index < -0.39 is 0 Å². The summed E-state index contributed by atoms with van der Waals surface area (Å²) >= 11 is 2.00. The second kappa shape index (κ2) is 3.10. The van der Waals surface area contributed by atoms with Crippen molar-refractivity contribution in [2.24, 2.45) is 0 Å². The zero-order chi connectivity index (χ0) is 9.42. The van der Waals surface area contributed by atoms with E-state index in [-0.39, 0.29) is 5.43 Å². The van der Waals surface area contributed by atoms with Gasteiger partial charge in [0, 0.05) is 12.4 Å². The molecule has 0 fully saturated rings. The average Bonchev–Trinajstić information content (AvgIpc) is 2.12. The third-order valence-electron chi connectivity index (χ3n) is 1.93. The minimum absolute atomic E-state index is 0.00181. The lowest BCUT2D eigenvalue weighted by atomic mass is 10.2. The molecule has 0 unspecified atom stereocenters. The van der Waals surface area contributed by atoms with Crippen LogP contribution in [0.25, 0.3) is 11.0 Å². The van der Waals surface area contributed by atoms with Crippen LogP contribution in [0.4, 0.5) is 0 Å². The minimum Gasteiger partial charge on any atom is -0.358 e. The van der Waals surface area contributed by atoms with Gasteiger partial charge in [0.15, 0.2) is 0 Å². The van der Waals surface area contributed by atoms with Crippen molar-refractivity contribution in [2.75, 3.05) is 0 Å². The van der Waals surface area contributed by atoms with Gasteiger partial charge in [0.1, 0.15) is 5.52 Å². The molecule has 2 heterocycles. The second-order valence-electron chi connectivity index (χ2n) is 2.82. The molecule has 0 radical (unpaired) electrons. The van der Waals surface area contributed by atoms with E-state index in [9.17, 15) is 4.79 Å². The normalized spacial score (nSPS) is 10.6. The molecule has 4 heteroatoms. The number of aromatic nitrogens is 2. The van der Waals surface area contributed by atoms with Crippen molar-refractivity contribution in [3.05, 3.63) is 37.8 Å². The largest absolute Gasteiger partial charge is 0.358 e. The molecule has 0 spiro atoms. The number of nitrogens with zero attached hydrogens (tertiary/aromatic N) is 1. The third-order valence-corrected chi connectivity index (χ3v) is 2.74. The summed E-state index contributed by atoms with van der Waals surface area (Å²) in [7, 11) is 0. The number of H-pyrrole nitrogens is 1. The van der Waals surface area contributed by atoms with Crippen LogP contribution in [0.3, 0.4) is 0 Å². The highest BCUT2D eigenvalue weighted by molar-refractivity contribution is 14.1. The van der Waals surface area contributed by atoms with E-state index in [1.165, 1.54) is 0 Å². The van der Waals surface area contributed by atoms with Crippen LogP contribution in [0.15, 0.2) is 23.3 Å². The summed E-state index contributed by atoms with van der Waals surface area (Å²) in [5, 5.41) is 0. The maximum absolute atomic E-state index is 11.6. The molecule has 3 nitrogen and oxygen atoms in total. The van der Waals surface area contributed by atoms with Crippen molar-refractivity contribution in [3.8, 4) is 0 Å². The first kappa shape index (κ1) is 8.68. The molecular formula is C9H7IN2O. The maximum atomic E-state index is 11.6. The molecule has 2 aromatic rings. The SMILES string of the molecule is Cc1ccnc2c(=O)c(I)c[nH]c12. The highest BCUT2D eigenvalue weighted by atomic mass is 127. The van der Waals surface area contributed by atoms with E-state index in [0.717, 1.165) is 11.1 Å². The van der Waals surface area contributed by atoms with Crippen molar-refractivity contribution in [1.29, 1.82) is 0 Å². The molecule has 0 saturated carbocycles. The molecule has 0 aromatic carbocycles. The van der Waals surface area contributed by atoms with E-state index in [1.54, 1.807) is 12.4 Å². The summed E-state index contributed by atoms with van der Waals surface area (Å²) in [6.07, 6.45) is 3.36. The summed E-state index contributed by atoms with van der Waals surface area (Å²) in [6, 6.07) is 1.88. The highest BCUT2D eigenvalue weighted by Crippen LogP contribution is 2.10. The van der Waals surface area contributed by atoms with Crippen LogP contribution in [0.1, 0.15) is 5.56 Å². The molecule has 0 atom stereocenters. The van der Waals surface area contributed by atoms with Gasteiger partial charge in [-0.05, 0) is 41.1 Å². The molecule has 0 saturated heterocycles. The Morgan fingerprint density at radius 2 is 2.31 bits per heavy atom. The molecule has 0 aliphatic heterocycles. The summed E-state index contributed by atoms with van der Waals surface area (Å²) in [4.78, 5) is 18.7. The van der Waals surface area contributed by atoms with Gasteiger partial charge >= 0.3 is 0 Å². The van der Waals surface area contributed by atoms with Crippen LogP contribution in [0, 0.1) is 10.5 Å². The number of aryl methyl sites for hydroxylation is 1. The van der Waals surface area contributed by atoms with Crippen LogP contribution in [-0.4, -0.2) is 9.97 Å². The highest BCUT2D eigenvalue weighted by Gasteiger charge is 2.04. The van der Waals surface area contributed by atoms with Gasteiger partial charge in [-0.2, -0.15) is 0 Å². The smallest absolute Gasteiger partial charge is 0.221 e. The number of fused-ring (bicyclic) bond motifs is 1. The van der Waals surface area contributed by atoms with Crippen molar-refractivity contribution >= 4 is 33.6 Å². The van der Waals surface area contributed by atoms with Gasteiger partial charge < -0.3 is 4.98 Å². The van der Waals surface area contributed by atoms with E-state index in [4.69, 9.17) is 0 Å². The van der Waals surface area contributed by atoms with Crippen molar-refractivity contribution in [2.45, 2.75) is 6.92 Å². The van der Waals surface area contributed by atoms with Crippen molar-refractivity contribution < 1.29 is 0 Å². The Labute approximate surface area is 88.3 Å². The lowest BCUT2D eigenvalue weighted by Crippen LogP contribution is -2.08. The van der Waals surface area contributed by atoms with Crippen LogP contribution >= 0.6 is 22.6 Å². The number of halogens is 1. The Hall–Kier alpha value is -0.910. The second-order valence-corrected chi connectivity index (χ2v) is 3.98. The Balaban J connectivity index is 3.03. The molecule has 13 heavy (non-hydrogen) atoms. The van der Waals surface area contributed by atoms with Gasteiger partial charge in [-0.1, -0.05) is 0 Å². The molecule has 0 bridgehead atoms.